The molecular formula is C8H11F2N3O2. The number of aromatic nitrogens is 2. The molecule has 0 aliphatic heterocycles. The number of ether oxygens (including phenoxy) is 2. The molecule has 0 fully saturated rings. The van der Waals surface area contributed by atoms with Gasteiger partial charge in [0.15, 0.2) is 6.79 Å². The van der Waals surface area contributed by atoms with Crippen LogP contribution in [0.5, 0.6) is 5.88 Å². The zero-order valence-electron chi connectivity index (χ0n) is 8.11. The van der Waals surface area contributed by atoms with E-state index in [1.807, 2.05) is 0 Å². The molecular weight excluding hydrogens is 208 g/mol. The fourth-order valence-corrected chi connectivity index (χ4v) is 0.832. The molecule has 0 amide bonds. The van der Waals surface area contributed by atoms with E-state index in [1.165, 1.54) is 0 Å². The first-order chi connectivity index (χ1) is 7.13. The molecule has 0 aliphatic rings. The lowest BCUT2D eigenvalue weighted by molar-refractivity contribution is 0.0193. The van der Waals surface area contributed by atoms with Gasteiger partial charge in [-0.25, -0.2) is 13.8 Å². The van der Waals surface area contributed by atoms with Crippen molar-refractivity contribution in [2.45, 2.75) is 13.3 Å². The Labute approximate surface area is 85.2 Å². The highest BCUT2D eigenvalue weighted by atomic mass is 19.3. The molecule has 84 valence electrons. The normalized spacial score (nSPS) is 10.7. The first-order valence-corrected chi connectivity index (χ1v) is 4.26. The minimum absolute atomic E-state index is 0.0220. The number of nitrogen functional groups attached to an aromatic ring is 1. The van der Waals surface area contributed by atoms with Gasteiger partial charge in [0.2, 0.25) is 11.8 Å². The fourth-order valence-electron chi connectivity index (χ4n) is 0.832. The van der Waals surface area contributed by atoms with Crippen LogP contribution in [0.2, 0.25) is 0 Å². The summed E-state index contributed by atoms with van der Waals surface area (Å²) in [6, 6.07) is 1.03. The van der Waals surface area contributed by atoms with E-state index < -0.39 is 12.1 Å². The van der Waals surface area contributed by atoms with Crippen LogP contribution in [0, 0.1) is 0 Å². The molecule has 0 radical (unpaired) electrons. The zero-order valence-corrected chi connectivity index (χ0v) is 8.11. The highest BCUT2D eigenvalue weighted by Crippen LogP contribution is 2.20. The second-order valence-electron chi connectivity index (χ2n) is 2.54. The van der Waals surface area contributed by atoms with Crippen LogP contribution in [0.1, 0.15) is 19.0 Å². The van der Waals surface area contributed by atoms with Gasteiger partial charge in [-0.3, -0.25) is 0 Å². The van der Waals surface area contributed by atoms with Gasteiger partial charge in [0.1, 0.15) is 5.69 Å². The second kappa shape index (κ2) is 5.40. The first kappa shape index (κ1) is 11.6. The van der Waals surface area contributed by atoms with Crippen molar-refractivity contribution in [3.8, 4) is 5.88 Å². The largest absolute Gasteiger partial charge is 0.450 e. The maximum Gasteiger partial charge on any atom is 0.280 e. The van der Waals surface area contributed by atoms with Crippen LogP contribution in [0.4, 0.5) is 14.7 Å². The summed E-state index contributed by atoms with van der Waals surface area (Å²) in [5.41, 5.74) is 4.76. The SMILES string of the molecule is CCOCOc1cc(C(F)F)nc(N)n1. The average Bonchev–Trinajstić information content (AvgIpc) is 2.17. The number of anilines is 1. The smallest absolute Gasteiger partial charge is 0.280 e. The predicted molar refractivity (Wildman–Crippen MR) is 48.5 cm³/mol. The first-order valence-electron chi connectivity index (χ1n) is 4.26. The summed E-state index contributed by atoms with van der Waals surface area (Å²) < 4.78 is 34.4. The summed E-state index contributed by atoms with van der Waals surface area (Å²) in [4.78, 5) is 6.98. The average molecular weight is 219 g/mol. The molecule has 5 nitrogen and oxygen atoms in total. The third-order valence-electron chi connectivity index (χ3n) is 1.46. The molecule has 0 saturated carbocycles. The van der Waals surface area contributed by atoms with Crippen LogP contribution < -0.4 is 10.5 Å². The van der Waals surface area contributed by atoms with Crippen LogP contribution >= 0.6 is 0 Å². The van der Waals surface area contributed by atoms with Gasteiger partial charge in [-0.1, -0.05) is 0 Å². The summed E-state index contributed by atoms with van der Waals surface area (Å²) in [5.74, 6) is -0.273. The molecule has 0 unspecified atom stereocenters. The molecule has 1 aromatic rings. The summed E-state index contributed by atoms with van der Waals surface area (Å²) in [7, 11) is 0. The maximum atomic E-state index is 12.3. The topological polar surface area (TPSA) is 70.3 Å². The van der Waals surface area contributed by atoms with E-state index in [2.05, 4.69) is 9.97 Å². The number of nitrogens with two attached hydrogens (primary N) is 1. The van der Waals surface area contributed by atoms with E-state index in [-0.39, 0.29) is 18.6 Å². The van der Waals surface area contributed by atoms with Gasteiger partial charge in [0.05, 0.1) is 0 Å². The minimum atomic E-state index is -2.70. The number of hydrogen-bond acceptors (Lipinski definition) is 5. The molecule has 0 bridgehead atoms. The summed E-state index contributed by atoms with van der Waals surface area (Å²) in [5, 5.41) is 0. The number of halogens is 2. The van der Waals surface area contributed by atoms with Crippen molar-refractivity contribution in [1.29, 1.82) is 0 Å². The Kier molecular flexibility index (Phi) is 4.17. The van der Waals surface area contributed by atoms with Gasteiger partial charge < -0.3 is 15.2 Å². The van der Waals surface area contributed by atoms with Gasteiger partial charge >= 0.3 is 0 Å². The summed E-state index contributed by atoms with van der Waals surface area (Å²) in [6.45, 7) is 2.18. The van der Waals surface area contributed by atoms with Gasteiger partial charge in [0, 0.05) is 12.7 Å². The predicted octanol–water partition coefficient (Wildman–Crippen LogP) is 1.37. The Balaban J connectivity index is 2.71. The third kappa shape index (κ3) is 3.62. The molecule has 15 heavy (non-hydrogen) atoms. The Morgan fingerprint density at radius 3 is 2.80 bits per heavy atom. The van der Waals surface area contributed by atoms with E-state index in [4.69, 9.17) is 15.2 Å². The van der Waals surface area contributed by atoms with Crippen molar-refractivity contribution in [3.63, 3.8) is 0 Å². The molecule has 1 heterocycles. The molecule has 0 saturated heterocycles. The van der Waals surface area contributed by atoms with Crippen molar-refractivity contribution >= 4 is 5.95 Å². The Hall–Kier alpha value is -1.50. The number of rotatable bonds is 5. The molecule has 0 spiro atoms. The second-order valence-corrected chi connectivity index (χ2v) is 2.54. The highest BCUT2D eigenvalue weighted by molar-refractivity contribution is 5.26. The summed E-state index contributed by atoms with van der Waals surface area (Å²) >= 11 is 0. The molecule has 0 aliphatic carbocycles. The Bertz CT molecular complexity index is 323. The van der Waals surface area contributed by atoms with Crippen molar-refractivity contribution in [2.75, 3.05) is 19.1 Å². The number of alkyl halides is 2. The van der Waals surface area contributed by atoms with Gasteiger partial charge in [0.25, 0.3) is 6.43 Å². The van der Waals surface area contributed by atoms with Crippen molar-refractivity contribution in [1.82, 2.24) is 9.97 Å². The standard InChI is InChI=1S/C8H11F2N3O2/c1-2-14-4-15-6-3-5(7(9)10)12-8(11)13-6/h3,7H,2,4H2,1H3,(H2,11,12,13). The van der Waals surface area contributed by atoms with Crippen LogP contribution in [-0.4, -0.2) is 23.4 Å². The van der Waals surface area contributed by atoms with Gasteiger partial charge in [-0.05, 0) is 6.92 Å². The third-order valence-corrected chi connectivity index (χ3v) is 1.46. The minimum Gasteiger partial charge on any atom is -0.450 e. The van der Waals surface area contributed by atoms with Crippen molar-refractivity contribution < 1.29 is 18.3 Å². The monoisotopic (exact) mass is 219 g/mol. The van der Waals surface area contributed by atoms with Crippen LogP contribution in [-0.2, 0) is 4.74 Å². The number of nitrogens with zero attached hydrogens (tertiary/aromatic N) is 2. The highest BCUT2D eigenvalue weighted by Gasteiger charge is 2.12. The van der Waals surface area contributed by atoms with Crippen LogP contribution in [0.25, 0.3) is 0 Å². The fraction of sp³-hybridized carbons (Fsp3) is 0.500. The van der Waals surface area contributed by atoms with E-state index in [0.717, 1.165) is 6.07 Å². The molecule has 2 N–H and O–H groups in total. The molecule has 7 heteroatoms. The molecule has 0 atom stereocenters. The summed E-state index contributed by atoms with van der Waals surface area (Å²) in [6.07, 6.45) is -2.70. The molecule has 1 rings (SSSR count). The van der Waals surface area contributed by atoms with Gasteiger partial charge in [-0.2, -0.15) is 4.98 Å². The van der Waals surface area contributed by atoms with Crippen molar-refractivity contribution in [3.05, 3.63) is 11.8 Å². The zero-order chi connectivity index (χ0) is 11.3. The van der Waals surface area contributed by atoms with Crippen molar-refractivity contribution in [2.24, 2.45) is 0 Å². The number of hydrogen-bond donors (Lipinski definition) is 1. The van der Waals surface area contributed by atoms with E-state index in [0.29, 0.717) is 6.61 Å². The van der Waals surface area contributed by atoms with Crippen LogP contribution in [0.15, 0.2) is 6.07 Å². The van der Waals surface area contributed by atoms with E-state index in [1.54, 1.807) is 6.92 Å². The van der Waals surface area contributed by atoms with E-state index >= 15 is 0 Å². The molecule has 1 aromatic heterocycles. The lowest BCUT2D eigenvalue weighted by atomic mass is 10.4. The van der Waals surface area contributed by atoms with Crippen LogP contribution in [0.3, 0.4) is 0 Å². The Morgan fingerprint density at radius 1 is 1.47 bits per heavy atom. The quantitative estimate of drug-likeness (QED) is 0.598. The lowest BCUT2D eigenvalue weighted by Crippen LogP contribution is -2.07. The van der Waals surface area contributed by atoms with E-state index in [9.17, 15) is 8.78 Å². The Morgan fingerprint density at radius 2 is 2.20 bits per heavy atom. The maximum absolute atomic E-state index is 12.3. The van der Waals surface area contributed by atoms with Gasteiger partial charge in [-0.15, -0.1) is 0 Å². The molecule has 0 aromatic carbocycles. The lowest BCUT2D eigenvalue weighted by Gasteiger charge is -2.06.